The van der Waals surface area contributed by atoms with Crippen molar-refractivity contribution in [2.45, 2.75) is 25.3 Å². The van der Waals surface area contributed by atoms with Crippen molar-refractivity contribution in [3.63, 3.8) is 0 Å². The molecule has 0 aliphatic carbocycles. The molecule has 0 saturated carbocycles. The molecule has 1 aromatic carbocycles. The van der Waals surface area contributed by atoms with Crippen LogP contribution < -0.4 is 5.32 Å². The number of benzene rings is 1. The first kappa shape index (κ1) is 19.8. The highest BCUT2D eigenvalue weighted by Crippen LogP contribution is 2.37. The topological polar surface area (TPSA) is 55.9 Å². The van der Waals surface area contributed by atoms with Gasteiger partial charge in [-0.3, -0.25) is 9.69 Å². The fraction of sp³-hybridized carbons (Fsp3) is 0.500. The zero-order valence-electron chi connectivity index (χ0n) is 16.2. The number of hydrogen-bond acceptors (Lipinski definition) is 3. The van der Waals surface area contributed by atoms with Crippen LogP contribution in [0.25, 0.3) is 0 Å². The lowest BCUT2D eigenvalue weighted by atomic mass is 9.95. The van der Waals surface area contributed by atoms with Gasteiger partial charge in [-0.25, -0.2) is 18.0 Å². The minimum absolute atomic E-state index is 0.204. The molecular weight excluding hydrogens is 385 g/mol. The van der Waals surface area contributed by atoms with Crippen LogP contribution in [0, 0.1) is 17.5 Å². The zero-order valence-corrected chi connectivity index (χ0v) is 16.2. The molecule has 9 heteroatoms. The highest BCUT2D eigenvalue weighted by molar-refractivity contribution is 6.01. The Morgan fingerprint density at radius 3 is 2.41 bits per heavy atom. The van der Waals surface area contributed by atoms with Crippen molar-refractivity contribution in [2.24, 2.45) is 0 Å². The van der Waals surface area contributed by atoms with Crippen LogP contribution in [0.4, 0.5) is 18.0 Å². The lowest BCUT2D eigenvalue weighted by molar-refractivity contribution is -0.126. The standard InChI is InChI=1S/C20H23F3N4O2/c1-25-16-11-27(8-7-26-5-3-2-4-6-26)19(28)17(16)18(24-20(25)29)12-9-14(22)15(23)10-13(12)21/h9-10,18H,2-8,11H2,1H3,(H,24,29). The summed E-state index contributed by atoms with van der Waals surface area (Å²) in [5, 5.41) is 2.54. The maximum Gasteiger partial charge on any atom is 0.322 e. The second-order valence-corrected chi connectivity index (χ2v) is 7.72. The van der Waals surface area contributed by atoms with E-state index in [2.05, 4.69) is 10.2 Å². The number of likely N-dealkylation sites (tertiary alicyclic amines) is 1. The number of likely N-dealkylation sites (N-methyl/N-ethyl adjacent to an activating group) is 1. The Labute approximate surface area is 166 Å². The predicted octanol–water partition coefficient (Wildman–Crippen LogP) is 2.38. The van der Waals surface area contributed by atoms with Crippen LogP contribution in [-0.4, -0.2) is 66.4 Å². The van der Waals surface area contributed by atoms with Gasteiger partial charge in [0.05, 0.1) is 23.9 Å². The molecule has 156 valence electrons. The first-order chi connectivity index (χ1) is 13.9. The first-order valence-corrected chi connectivity index (χ1v) is 9.80. The summed E-state index contributed by atoms with van der Waals surface area (Å²) in [7, 11) is 1.53. The van der Waals surface area contributed by atoms with Gasteiger partial charge in [-0.15, -0.1) is 0 Å². The highest BCUT2D eigenvalue weighted by atomic mass is 19.2. The normalized spacial score (nSPS) is 23.0. The van der Waals surface area contributed by atoms with Gasteiger partial charge in [-0.1, -0.05) is 6.42 Å². The molecule has 6 nitrogen and oxygen atoms in total. The summed E-state index contributed by atoms with van der Waals surface area (Å²) in [6.45, 7) is 3.44. The molecule has 1 saturated heterocycles. The van der Waals surface area contributed by atoms with Crippen LogP contribution in [0.5, 0.6) is 0 Å². The number of carbonyl (C=O) groups is 2. The summed E-state index contributed by atoms with van der Waals surface area (Å²) >= 11 is 0. The van der Waals surface area contributed by atoms with Crippen LogP contribution in [0.15, 0.2) is 23.4 Å². The van der Waals surface area contributed by atoms with Crippen molar-refractivity contribution in [2.75, 3.05) is 39.8 Å². The Balaban J connectivity index is 1.59. The quantitative estimate of drug-likeness (QED) is 0.779. The number of urea groups is 1. The minimum atomic E-state index is -1.32. The molecule has 3 heterocycles. The summed E-state index contributed by atoms with van der Waals surface area (Å²) in [6.07, 6.45) is 3.50. The average molecular weight is 408 g/mol. The van der Waals surface area contributed by atoms with E-state index in [0.29, 0.717) is 24.4 Å². The van der Waals surface area contributed by atoms with E-state index in [0.717, 1.165) is 32.5 Å². The van der Waals surface area contributed by atoms with E-state index < -0.39 is 29.5 Å². The molecule has 1 atom stereocenters. The van der Waals surface area contributed by atoms with Gasteiger partial charge in [0.1, 0.15) is 5.82 Å². The van der Waals surface area contributed by atoms with Crippen LogP contribution in [0.3, 0.4) is 0 Å². The third kappa shape index (κ3) is 3.59. The molecule has 0 aromatic heterocycles. The molecular formula is C20H23F3N4O2. The van der Waals surface area contributed by atoms with Crippen LogP contribution in [-0.2, 0) is 4.79 Å². The van der Waals surface area contributed by atoms with Gasteiger partial charge in [0.25, 0.3) is 5.91 Å². The summed E-state index contributed by atoms with van der Waals surface area (Å²) in [5.74, 6) is -3.88. The van der Waals surface area contributed by atoms with Gasteiger partial charge in [-0.2, -0.15) is 0 Å². The van der Waals surface area contributed by atoms with Crippen LogP contribution in [0.1, 0.15) is 30.9 Å². The molecule has 1 fully saturated rings. The number of halogens is 3. The molecule has 1 aromatic rings. The Kier molecular flexibility index (Phi) is 5.24. The van der Waals surface area contributed by atoms with Crippen LogP contribution >= 0.6 is 0 Å². The SMILES string of the molecule is CN1C(=O)NC(c2cc(F)c(F)cc2F)C2=C1CN(CCN1CCCCC1)C2=O. The lowest BCUT2D eigenvalue weighted by Gasteiger charge is -2.31. The molecule has 1 unspecified atom stereocenters. The largest absolute Gasteiger partial charge is 0.332 e. The molecule has 0 spiro atoms. The summed E-state index contributed by atoms with van der Waals surface area (Å²) < 4.78 is 41.5. The first-order valence-electron chi connectivity index (χ1n) is 9.80. The van der Waals surface area contributed by atoms with Crippen LogP contribution in [0.2, 0.25) is 0 Å². The van der Waals surface area contributed by atoms with E-state index in [4.69, 9.17) is 0 Å². The Bertz CT molecular complexity index is 883. The third-order valence-corrected chi connectivity index (χ3v) is 5.92. The number of nitrogens with one attached hydrogen (secondary N) is 1. The van der Waals surface area contributed by atoms with Gasteiger partial charge in [0.2, 0.25) is 0 Å². The second kappa shape index (κ2) is 7.70. The molecule has 0 radical (unpaired) electrons. The maximum absolute atomic E-state index is 14.4. The molecule has 29 heavy (non-hydrogen) atoms. The number of rotatable bonds is 4. The molecule has 0 bridgehead atoms. The number of amides is 3. The highest BCUT2D eigenvalue weighted by Gasteiger charge is 2.43. The van der Waals surface area contributed by atoms with Gasteiger partial charge in [-0.05, 0) is 32.0 Å². The van der Waals surface area contributed by atoms with Crippen molar-refractivity contribution in [3.05, 3.63) is 46.4 Å². The van der Waals surface area contributed by atoms with E-state index in [-0.39, 0.29) is 23.6 Å². The number of hydrogen-bond donors (Lipinski definition) is 1. The smallest absolute Gasteiger partial charge is 0.322 e. The fourth-order valence-electron chi connectivity index (χ4n) is 4.24. The summed E-state index contributed by atoms with van der Waals surface area (Å²) in [5.41, 5.74) is 0.409. The Hall–Kier alpha value is -2.55. The minimum Gasteiger partial charge on any atom is -0.332 e. The molecule has 3 aliphatic rings. The van der Waals surface area contributed by atoms with Gasteiger partial charge in [0.15, 0.2) is 11.6 Å². The van der Waals surface area contributed by atoms with Crippen molar-refractivity contribution in [3.8, 4) is 0 Å². The molecule has 1 N–H and O–H groups in total. The lowest BCUT2D eigenvalue weighted by Crippen LogP contribution is -2.45. The summed E-state index contributed by atoms with van der Waals surface area (Å²) in [6, 6.07) is -0.544. The Morgan fingerprint density at radius 1 is 1.00 bits per heavy atom. The maximum atomic E-state index is 14.4. The Morgan fingerprint density at radius 2 is 1.69 bits per heavy atom. The van der Waals surface area contributed by atoms with E-state index in [9.17, 15) is 22.8 Å². The van der Waals surface area contributed by atoms with Crippen molar-refractivity contribution in [1.82, 2.24) is 20.0 Å². The monoisotopic (exact) mass is 408 g/mol. The van der Waals surface area contributed by atoms with E-state index in [1.54, 1.807) is 4.90 Å². The second-order valence-electron chi connectivity index (χ2n) is 7.72. The van der Waals surface area contributed by atoms with E-state index >= 15 is 0 Å². The van der Waals surface area contributed by atoms with Crippen molar-refractivity contribution >= 4 is 11.9 Å². The number of carbonyl (C=O) groups excluding carboxylic acids is 2. The molecule has 3 amide bonds. The molecule has 3 aliphatic heterocycles. The number of piperidine rings is 1. The van der Waals surface area contributed by atoms with Crippen molar-refractivity contribution < 1.29 is 22.8 Å². The average Bonchev–Trinajstić information content (AvgIpc) is 3.04. The van der Waals surface area contributed by atoms with Gasteiger partial charge >= 0.3 is 6.03 Å². The van der Waals surface area contributed by atoms with Gasteiger partial charge in [0, 0.05) is 31.8 Å². The molecule has 4 rings (SSSR count). The predicted molar refractivity (Wildman–Crippen MR) is 99.2 cm³/mol. The van der Waals surface area contributed by atoms with Crippen molar-refractivity contribution in [1.29, 1.82) is 0 Å². The zero-order chi connectivity index (χ0) is 20.7. The van der Waals surface area contributed by atoms with E-state index in [1.165, 1.54) is 18.4 Å². The van der Waals surface area contributed by atoms with E-state index in [1.807, 2.05) is 0 Å². The fourth-order valence-corrected chi connectivity index (χ4v) is 4.24. The van der Waals surface area contributed by atoms with Gasteiger partial charge < -0.3 is 15.1 Å². The summed E-state index contributed by atoms with van der Waals surface area (Å²) in [4.78, 5) is 30.7. The number of nitrogens with zero attached hydrogens (tertiary/aromatic N) is 3. The third-order valence-electron chi connectivity index (χ3n) is 5.92.